The first-order valence-electron chi connectivity index (χ1n) is 10.1. The van der Waals surface area contributed by atoms with E-state index in [1.54, 1.807) is 24.3 Å². The van der Waals surface area contributed by atoms with Gasteiger partial charge in [0, 0.05) is 25.2 Å². The number of aromatic nitrogens is 2. The van der Waals surface area contributed by atoms with Crippen LogP contribution in [-0.2, 0) is 4.79 Å². The van der Waals surface area contributed by atoms with Crippen LogP contribution in [0.3, 0.4) is 0 Å². The highest BCUT2D eigenvalue weighted by Crippen LogP contribution is 2.24. The number of hydrogen-bond acceptors (Lipinski definition) is 6. The van der Waals surface area contributed by atoms with E-state index in [4.69, 9.17) is 0 Å². The number of piperidine rings is 1. The largest absolute Gasteiger partial charge is 0.342 e. The second-order valence-corrected chi connectivity index (χ2v) is 8.62. The third-order valence-electron chi connectivity index (χ3n) is 5.52. The molecule has 0 radical (unpaired) electrons. The summed E-state index contributed by atoms with van der Waals surface area (Å²) in [5.41, 5.74) is 0.679. The van der Waals surface area contributed by atoms with Crippen molar-refractivity contribution in [1.29, 1.82) is 0 Å². The maximum absolute atomic E-state index is 13.2. The summed E-state index contributed by atoms with van der Waals surface area (Å²) in [6, 6.07) is 12.8. The monoisotopic (exact) mass is 438 g/mol. The Kier molecular flexibility index (Phi) is 6.03. The predicted octanol–water partition coefficient (Wildman–Crippen LogP) is 3.64. The van der Waals surface area contributed by atoms with Gasteiger partial charge in [0.1, 0.15) is 0 Å². The zero-order valence-electron chi connectivity index (χ0n) is 17.1. The van der Waals surface area contributed by atoms with Crippen molar-refractivity contribution in [2.24, 2.45) is 5.92 Å². The number of non-ortho nitro benzene ring substituents is 1. The Morgan fingerprint density at radius 3 is 2.52 bits per heavy atom. The lowest BCUT2D eigenvalue weighted by Gasteiger charge is -2.30. The maximum Gasteiger partial charge on any atom is 0.269 e. The number of fused-ring (bicyclic) bond motifs is 1. The first-order valence-corrected chi connectivity index (χ1v) is 11.1. The van der Waals surface area contributed by atoms with Gasteiger partial charge in [0.2, 0.25) is 5.91 Å². The van der Waals surface area contributed by atoms with Crippen molar-refractivity contribution < 1.29 is 9.72 Å². The molecule has 1 fully saturated rings. The number of nitrogens with zero attached hydrogens (tertiary/aromatic N) is 4. The summed E-state index contributed by atoms with van der Waals surface area (Å²) in [5.74, 6) is 0.826. The molecular formula is C22H22N4O4S. The van der Waals surface area contributed by atoms with Gasteiger partial charge in [-0.05, 0) is 43.0 Å². The van der Waals surface area contributed by atoms with Crippen LogP contribution in [-0.4, -0.2) is 44.1 Å². The van der Waals surface area contributed by atoms with E-state index in [9.17, 15) is 19.7 Å². The summed E-state index contributed by atoms with van der Waals surface area (Å²) in [7, 11) is 0. The lowest BCUT2D eigenvalue weighted by Crippen LogP contribution is -2.39. The molecule has 1 saturated heterocycles. The maximum atomic E-state index is 13.2. The van der Waals surface area contributed by atoms with Gasteiger partial charge in [0.15, 0.2) is 5.16 Å². The summed E-state index contributed by atoms with van der Waals surface area (Å²) in [4.78, 5) is 42.9. The zero-order chi connectivity index (χ0) is 22.0. The molecule has 2 heterocycles. The van der Waals surface area contributed by atoms with E-state index in [-0.39, 0.29) is 22.9 Å². The molecule has 0 spiro atoms. The fourth-order valence-electron chi connectivity index (χ4n) is 3.64. The van der Waals surface area contributed by atoms with Crippen molar-refractivity contribution in [2.45, 2.75) is 24.9 Å². The normalized spacial score (nSPS) is 14.7. The minimum absolute atomic E-state index is 0.0227. The number of benzene rings is 2. The van der Waals surface area contributed by atoms with E-state index < -0.39 is 4.92 Å². The number of likely N-dealkylation sites (tertiary alicyclic amines) is 1. The van der Waals surface area contributed by atoms with Crippen LogP contribution in [0.15, 0.2) is 58.5 Å². The second-order valence-electron chi connectivity index (χ2n) is 7.68. The molecule has 8 nitrogen and oxygen atoms in total. The molecule has 1 amide bonds. The van der Waals surface area contributed by atoms with Crippen molar-refractivity contribution >= 4 is 34.3 Å². The Hall–Kier alpha value is -3.20. The van der Waals surface area contributed by atoms with Crippen molar-refractivity contribution in [3.63, 3.8) is 0 Å². The molecule has 3 aromatic rings. The van der Waals surface area contributed by atoms with Crippen LogP contribution >= 0.6 is 11.8 Å². The Morgan fingerprint density at radius 1 is 1.16 bits per heavy atom. The fourth-order valence-corrected chi connectivity index (χ4v) is 4.55. The highest BCUT2D eigenvalue weighted by atomic mass is 32.2. The molecule has 2 aromatic carbocycles. The lowest BCUT2D eigenvalue weighted by molar-refractivity contribution is -0.384. The molecule has 160 valence electrons. The van der Waals surface area contributed by atoms with Crippen LogP contribution in [0.1, 0.15) is 19.8 Å². The predicted molar refractivity (Wildman–Crippen MR) is 120 cm³/mol. The summed E-state index contributed by atoms with van der Waals surface area (Å²) in [6.07, 6.45) is 2.00. The fraction of sp³-hybridized carbons (Fsp3) is 0.318. The minimum Gasteiger partial charge on any atom is -0.342 e. The van der Waals surface area contributed by atoms with Gasteiger partial charge in [-0.15, -0.1) is 0 Å². The first kappa shape index (κ1) is 21.0. The zero-order valence-corrected chi connectivity index (χ0v) is 17.9. The average molecular weight is 439 g/mol. The minimum atomic E-state index is -0.487. The lowest BCUT2D eigenvalue weighted by atomic mass is 9.99. The van der Waals surface area contributed by atoms with Gasteiger partial charge in [-0.25, -0.2) is 4.98 Å². The van der Waals surface area contributed by atoms with Gasteiger partial charge in [-0.2, -0.15) is 0 Å². The number of hydrogen-bond donors (Lipinski definition) is 0. The van der Waals surface area contributed by atoms with Gasteiger partial charge in [0.25, 0.3) is 11.2 Å². The Morgan fingerprint density at radius 2 is 1.84 bits per heavy atom. The van der Waals surface area contributed by atoms with Crippen LogP contribution in [0.2, 0.25) is 0 Å². The Bertz CT molecular complexity index is 1180. The molecule has 4 rings (SSSR count). The van der Waals surface area contributed by atoms with E-state index in [1.165, 1.54) is 40.6 Å². The SMILES string of the molecule is CC1CCN(C(=O)CSc2nc3ccccc3c(=O)n2-c2ccc([N+](=O)[O-])cc2)CC1. The first-order chi connectivity index (χ1) is 14.9. The summed E-state index contributed by atoms with van der Waals surface area (Å²) in [5, 5.41) is 11.8. The van der Waals surface area contributed by atoms with Gasteiger partial charge >= 0.3 is 0 Å². The molecular weight excluding hydrogens is 416 g/mol. The molecule has 31 heavy (non-hydrogen) atoms. The van der Waals surface area contributed by atoms with Crippen LogP contribution in [0.25, 0.3) is 16.6 Å². The molecule has 0 atom stereocenters. The average Bonchev–Trinajstić information content (AvgIpc) is 2.78. The molecule has 1 aliphatic rings. The van der Waals surface area contributed by atoms with Crippen LogP contribution in [0.4, 0.5) is 5.69 Å². The topological polar surface area (TPSA) is 98.3 Å². The van der Waals surface area contributed by atoms with Crippen molar-refractivity contribution in [3.8, 4) is 5.69 Å². The molecule has 0 bridgehead atoms. The summed E-state index contributed by atoms with van der Waals surface area (Å²) >= 11 is 1.21. The highest BCUT2D eigenvalue weighted by molar-refractivity contribution is 7.99. The molecule has 0 aliphatic carbocycles. The standard InChI is InChI=1S/C22H22N4O4S/c1-15-10-12-24(13-11-15)20(27)14-31-22-23-19-5-3-2-4-18(19)21(28)25(22)16-6-8-17(9-7-16)26(29)30/h2-9,15H,10-14H2,1H3. The molecule has 1 aliphatic heterocycles. The van der Waals surface area contributed by atoms with Crippen LogP contribution in [0, 0.1) is 16.0 Å². The van der Waals surface area contributed by atoms with Gasteiger partial charge < -0.3 is 4.90 Å². The van der Waals surface area contributed by atoms with Crippen molar-refractivity contribution in [1.82, 2.24) is 14.5 Å². The third kappa shape index (κ3) is 4.46. The molecule has 0 N–H and O–H groups in total. The number of thioether (sulfide) groups is 1. The van der Waals surface area contributed by atoms with Crippen LogP contribution < -0.4 is 5.56 Å². The van der Waals surface area contributed by atoms with E-state index in [1.807, 2.05) is 4.90 Å². The Balaban J connectivity index is 1.68. The molecule has 0 saturated carbocycles. The number of nitro benzene ring substituents is 1. The van der Waals surface area contributed by atoms with Crippen molar-refractivity contribution in [3.05, 3.63) is 69.0 Å². The van der Waals surface area contributed by atoms with Gasteiger partial charge in [-0.3, -0.25) is 24.3 Å². The number of nitro groups is 1. The number of carbonyl (C=O) groups is 1. The summed E-state index contributed by atoms with van der Waals surface area (Å²) in [6.45, 7) is 3.69. The van der Waals surface area contributed by atoms with Gasteiger partial charge in [-0.1, -0.05) is 30.8 Å². The number of carbonyl (C=O) groups excluding carboxylic acids is 1. The van der Waals surface area contributed by atoms with Crippen LogP contribution in [0.5, 0.6) is 0 Å². The van der Waals surface area contributed by atoms with Gasteiger partial charge in [0.05, 0.1) is 27.3 Å². The quantitative estimate of drug-likeness (QED) is 0.261. The van der Waals surface area contributed by atoms with Crippen molar-refractivity contribution in [2.75, 3.05) is 18.8 Å². The molecule has 9 heteroatoms. The van der Waals surface area contributed by atoms with E-state index >= 15 is 0 Å². The smallest absolute Gasteiger partial charge is 0.269 e. The number of para-hydroxylation sites is 1. The number of amides is 1. The Labute approximate surface area is 183 Å². The van der Waals surface area contributed by atoms with E-state index in [2.05, 4.69) is 11.9 Å². The summed E-state index contributed by atoms with van der Waals surface area (Å²) < 4.78 is 1.42. The van der Waals surface area contributed by atoms with E-state index in [0.29, 0.717) is 27.7 Å². The third-order valence-corrected chi connectivity index (χ3v) is 6.45. The molecule has 0 unspecified atom stereocenters. The number of rotatable bonds is 5. The molecule has 1 aromatic heterocycles. The highest BCUT2D eigenvalue weighted by Gasteiger charge is 2.22. The van der Waals surface area contributed by atoms with E-state index in [0.717, 1.165) is 25.9 Å². The second kappa shape index (κ2) is 8.89.